The van der Waals surface area contributed by atoms with Crippen molar-refractivity contribution >= 4 is 63.6 Å². The van der Waals surface area contributed by atoms with Crippen molar-refractivity contribution in [2.45, 2.75) is 0 Å². The maximum absolute atomic E-state index is 8.74. The second kappa shape index (κ2) is 8.39. The molecule has 46 valence electrons. The molecule has 0 aromatic rings. The van der Waals surface area contributed by atoms with E-state index in [0.29, 0.717) is 0 Å². The molecule has 0 rings (SSSR count). The molecular weight excluding hydrogens is 160 g/mol. The zero-order valence-corrected chi connectivity index (χ0v) is 4.44. The van der Waals surface area contributed by atoms with Crippen molar-refractivity contribution in [3.8, 4) is 0 Å². The van der Waals surface area contributed by atoms with Crippen LogP contribution in [0.2, 0.25) is 0 Å². The first kappa shape index (κ1) is 22.8. The molecule has 0 bridgehead atoms. The predicted octanol–water partition coefficient (Wildman–Crippen LogP) is -2.10. The van der Waals surface area contributed by atoms with Gasteiger partial charge >= 0.3 is 50.1 Å². The first-order chi connectivity index (χ1) is 2.00. The van der Waals surface area contributed by atoms with Crippen LogP contribution in [0.4, 0.5) is 0 Å². The molecule has 0 aliphatic carbocycles. The minimum absolute atomic E-state index is 0. The molecule has 0 heterocycles. The van der Waals surface area contributed by atoms with Crippen LogP contribution in [0.3, 0.4) is 0 Å². The average molecular weight is 167 g/mol. The van der Waals surface area contributed by atoms with Gasteiger partial charge in [-0.25, -0.2) is 0 Å². The Bertz CT molecular complexity index is 97.2. The van der Waals surface area contributed by atoms with Gasteiger partial charge in [0.2, 0.25) is 0 Å². The summed E-state index contributed by atoms with van der Waals surface area (Å²) in [6.07, 6.45) is 0. The van der Waals surface area contributed by atoms with E-state index in [4.69, 9.17) is 17.5 Å². The Morgan fingerprint density at radius 2 is 1.12 bits per heavy atom. The summed E-state index contributed by atoms with van der Waals surface area (Å²) >= 11 is 0. The van der Waals surface area contributed by atoms with Crippen molar-refractivity contribution in [1.29, 1.82) is 0 Å². The van der Waals surface area contributed by atoms with Gasteiger partial charge in [-0.05, 0) is 0 Å². The summed E-state index contributed by atoms with van der Waals surface area (Å²) in [7, 11) is -4.67. The molecular formula is H7BeNaO4S2. The van der Waals surface area contributed by atoms with Crippen LogP contribution < -0.4 is 0 Å². The molecule has 0 saturated carbocycles. The Labute approximate surface area is 80.6 Å². The van der Waals surface area contributed by atoms with E-state index in [1.54, 1.807) is 0 Å². The van der Waals surface area contributed by atoms with Gasteiger partial charge in [0.1, 0.15) is 0 Å². The van der Waals surface area contributed by atoms with Crippen LogP contribution >= 0.6 is 13.5 Å². The third-order valence-electron chi connectivity index (χ3n) is 0. The maximum atomic E-state index is 8.74. The average Bonchev–Trinajstić information content (AvgIpc) is 0.722. The molecule has 2 N–H and O–H groups in total. The van der Waals surface area contributed by atoms with E-state index in [0.717, 1.165) is 0 Å². The molecule has 8 heavy (non-hydrogen) atoms. The molecule has 0 aromatic carbocycles. The molecule has 0 saturated heterocycles. The van der Waals surface area contributed by atoms with Crippen molar-refractivity contribution in [3.05, 3.63) is 0 Å². The molecule has 0 aliphatic heterocycles. The van der Waals surface area contributed by atoms with Crippen LogP contribution in [0.15, 0.2) is 0 Å². The van der Waals surface area contributed by atoms with Crippen LogP contribution in [0.1, 0.15) is 0 Å². The van der Waals surface area contributed by atoms with Gasteiger partial charge in [0.25, 0.3) is 0 Å². The van der Waals surface area contributed by atoms with Crippen LogP contribution in [-0.4, -0.2) is 57.2 Å². The van der Waals surface area contributed by atoms with E-state index in [2.05, 4.69) is 0 Å². The fourth-order valence-electron chi connectivity index (χ4n) is 0. The van der Waals surface area contributed by atoms with Crippen molar-refractivity contribution in [1.82, 2.24) is 0 Å². The topological polar surface area (TPSA) is 74.6 Å². The molecule has 0 atom stereocenters. The first-order valence-electron chi connectivity index (χ1n) is 0.698. The molecule has 4 nitrogen and oxygen atoms in total. The summed E-state index contributed by atoms with van der Waals surface area (Å²) < 4.78 is 31.6. The quantitative estimate of drug-likeness (QED) is 0.320. The number of rotatable bonds is 0. The second-order valence-electron chi connectivity index (χ2n) is 0.448. The van der Waals surface area contributed by atoms with Crippen LogP contribution in [-0.2, 0) is 10.4 Å². The molecule has 0 spiro atoms. The summed E-state index contributed by atoms with van der Waals surface area (Å²) in [6.45, 7) is 0. The summed E-state index contributed by atoms with van der Waals surface area (Å²) in [5.41, 5.74) is 0. The Morgan fingerprint density at radius 3 is 1.12 bits per heavy atom. The summed E-state index contributed by atoms with van der Waals surface area (Å²) in [5, 5.41) is 0. The number of hydrogen-bond donors (Lipinski definition) is 2. The van der Waals surface area contributed by atoms with E-state index in [1.165, 1.54) is 0 Å². The van der Waals surface area contributed by atoms with Crippen molar-refractivity contribution < 1.29 is 17.5 Å². The third-order valence-corrected chi connectivity index (χ3v) is 0. The monoisotopic (exact) mass is 167 g/mol. The van der Waals surface area contributed by atoms with Crippen LogP contribution in [0.25, 0.3) is 0 Å². The third kappa shape index (κ3) is 156. The van der Waals surface area contributed by atoms with Gasteiger partial charge in [0.05, 0.1) is 0 Å². The Hall–Kier alpha value is 1.39. The van der Waals surface area contributed by atoms with Gasteiger partial charge in [-0.3, -0.25) is 9.11 Å². The molecule has 0 radical (unpaired) electrons. The van der Waals surface area contributed by atoms with Crippen LogP contribution in [0, 0.1) is 0 Å². The Balaban J connectivity index is -0.0000000267. The fourth-order valence-corrected chi connectivity index (χ4v) is 0. The van der Waals surface area contributed by atoms with Gasteiger partial charge in [-0.1, -0.05) is 0 Å². The zero-order valence-electron chi connectivity index (χ0n) is 2.62. The minimum atomic E-state index is -4.67. The van der Waals surface area contributed by atoms with Gasteiger partial charge in [-0.2, -0.15) is 21.9 Å². The summed E-state index contributed by atoms with van der Waals surface area (Å²) in [5.74, 6) is 0. The second-order valence-corrected chi connectivity index (χ2v) is 1.34. The molecule has 0 amide bonds. The van der Waals surface area contributed by atoms with Crippen molar-refractivity contribution in [2.24, 2.45) is 0 Å². The summed E-state index contributed by atoms with van der Waals surface area (Å²) in [4.78, 5) is 0. The van der Waals surface area contributed by atoms with Gasteiger partial charge < -0.3 is 0 Å². The normalized spacial score (nSPS) is 7.25. The van der Waals surface area contributed by atoms with Crippen molar-refractivity contribution in [2.75, 3.05) is 0 Å². The SMILES string of the molecule is O=S(=O)(O)O.S.[BeH2].[NaH]. The standard InChI is InChI=1S/Be.Na.H2O4S.H2S.3H/c;;1-5(2,3)4;;;;/h;;(H2,1,2,3,4);1H2;;;. The van der Waals surface area contributed by atoms with Gasteiger partial charge in [0, 0.05) is 0 Å². The Morgan fingerprint density at radius 1 is 1.12 bits per heavy atom. The predicted molar refractivity (Wildman–Crippen MR) is 40.3 cm³/mol. The molecule has 0 aromatic heterocycles. The molecule has 0 fully saturated rings. The molecule has 0 unspecified atom stereocenters. The van der Waals surface area contributed by atoms with Crippen LogP contribution in [0.5, 0.6) is 0 Å². The van der Waals surface area contributed by atoms with Crippen molar-refractivity contribution in [3.63, 3.8) is 0 Å². The van der Waals surface area contributed by atoms with Gasteiger partial charge in [-0.15, -0.1) is 0 Å². The van der Waals surface area contributed by atoms with E-state index in [-0.39, 0.29) is 53.2 Å². The first-order valence-corrected chi connectivity index (χ1v) is 2.10. The summed E-state index contributed by atoms with van der Waals surface area (Å²) in [6, 6.07) is 0. The van der Waals surface area contributed by atoms with E-state index in [1.807, 2.05) is 0 Å². The zero-order chi connectivity index (χ0) is 4.50. The number of hydrogen-bond acceptors (Lipinski definition) is 2. The van der Waals surface area contributed by atoms with E-state index >= 15 is 0 Å². The van der Waals surface area contributed by atoms with E-state index < -0.39 is 10.4 Å². The molecule has 8 heteroatoms. The fraction of sp³-hybridized carbons (Fsp3) is 0. The van der Waals surface area contributed by atoms with E-state index in [9.17, 15) is 0 Å². The van der Waals surface area contributed by atoms with Gasteiger partial charge in [0.15, 0.2) is 0 Å². The molecule has 0 aliphatic rings. The Kier molecular flexibility index (Phi) is 23.9.